The minimum Gasteiger partial charge on any atom is -0.504 e. The standard InChI is InChI=1S/C19H23NO2S/c1-3-4-13-10-14-16-9-12-5-6-17(21)19(22-2)15(12)11-20(16)8-7-18(14)23-13/h5-6,10,16,21H,3-4,7-9,11H2,1-2H3/t16-/m0/s1. The number of phenols is 1. The average Bonchev–Trinajstić information content (AvgIpc) is 2.96. The lowest BCUT2D eigenvalue weighted by molar-refractivity contribution is 0.159. The molecule has 2 aromatic rings. The van der Waals surface area contributed by atoms with E-state index in [-0.39, 0.29) is 5.75 Å². The Hall–Kier alpha value is -1.52. The molecule has 0 aliphatic carbocycles. The minimum atomic E-state index is 0.253. The van der Waals surface area contributed by atoms with Crippen LogP contribution in [0.25, 0.3) is 0 Å². The lowest BCUT2D eigenvalue weighted by atomic mass is 9.86. The van der Waals surface area contributed by atoms with Crippen LogP contribution in [0.15, 0.2) is 18.2 Å². The highest BCUT2D eigenvalue weighted by atomic mass is 32.1. The van der Waals surface area contributed by atoms with Crippen molar-refractivity contribution in [2.24, 2.45) is 0 Å². The summed E-state index contributed by atoms with van der Waals surface area (Å²) in [6.45, 7) is 4.22. The third-order valence-electron chi connectivity index (χ3n) is 5.13. The summed E-state index contributed by atoms with van der Waals surface area (Å²) in [6.07, 6.45) is 4.58. The predicted octanol–water partition coefficient (Wildman–Crippen LogP) is 4.07. The molecule has 23 heavy (non-hydrogen) atoms. The molecule has 4 rings (SSSR count). The van der Waals surface area contributed by atoms with E-state index in [1.54, 1.807) is 23.6 Å². The molecular formula is C19H23NO2S. The van der Waals surface area contributed by atoms with Crippen molar-refractivity contribution in [1.82, 2.24) is 4.90 Å². The number of hydrogen-bond donors (Lipinski definition) is 1. The molecule has 0 unspecified atom stereocenters. The number of ether oxygens (including phenoxy) is 1. The number of fused-ring (bicyclic) bond motifs is 4. The van der Waals surface area contributed by atoms with Crippen LogP contribution in [0.4, 0.5) is 0 Å². The Balaban J connectivity index is 1.72. The first kappa shape index (κ1) is 15.0. The molecule has 0 amide bonds. The number of rotatable bonds is 3. The summed E-state index contributed by atoms with van der Waals surface area (Å²) in [4.78, 5) is 5.67. The fourth-order valence-corrected chi connectivity index (χ4v) is 5.35. The van der Waals surface area contributed by atoms with Gasteiger partial charge in [-0.3, -0.25) is 4.90 Å². The smallest absolute Gasteiger partial charge is 0.165 e. The summed E-state index contributed by atoms with van der Waals surface area (Å²) in [5.41, 5.74) is 4.02. The molecule has 4 heteroatoms. The van der Waals surface area contributed by atoms with Gasteiger partial charge in [-0.2, -0.15) is 0 Å². The fourth-order valence-electron chi connectivity index (χ4n) is 4.03. The van der Waals surface area contributed by atoms with Gasteiger partial charge in [0.15, 0.2) is 11.5 Å². The average molecular weight is 329 g/mol. The fraction of sp³-hybridized carbons (Fsp3) is 0.474. The number of hydrogen-bond acceptors (Lipinski definition) is 4. The highest BCUT2D eigenvalue weighted by Crippen LogP contribution is 2.45. The van der Waals surface area contributed by atoms with Gasteiger partial charge in [-0.15, -0.1) is 11.3 Å². The van der Waals surface area contributed by atoms with Crippen molar-refractivity contribution in [1.29, 1.82) is 0 Å². The van der Waals surface area contributed by atoms with Crippen LogP contribution in [0, 0.1) is 0 Å². The van der Waals surface area contributed by atoms with E-state index in [0.29, 0.717) is 11.8 Å². The molecule has 0 fully saturated rings. The number of nitrogens with zero attached hydrogens (tertiary/aromatic N) is 1. The zero-order valence-corrected chi connectivity index (χ0v) is 14.6. The van der Waals surface area contributed by atoms with Crippen molar-refractivity contribution < 1.29 is 9.84 Å². The van der Waals surface area contributed by atoms with E-state index in [2.05, 4.69) is 24.0 Å². The van der Waals surface area contributed by atoms with E-state index in [1.165, 1.54) is 23.3 Å². The van der Waals surface area contributed by atoms with Gasteiger partial charge < -0.3 is 9.84 Å². The van der Waals surface area contributed by atoms with Crippen LogP contribution in [0.2, 0.25) is 0 Å². The molecule has 1 atom stereocenters. The zero-order valence-electron chi connectivity index (χ0n) is 13.8. The number of benzene rings is 1. The molecule has 1 aromatic heterocycles. The van der Waals surface area contributed by atoms with E-state index in [4.69, 9.17) is 4.74 Å². The lowest BCUT2D eigenvalue weighted by Crippen LogP contribution is -2.38. The van der Waals surface area contributed by atoms with Crippen LogP contribution in [-0.4, -0.2) is 23.7 Å². The summed E-state index contributed by atoms with van der Waals surface area (Å²) in [5, 5.41) is 10.0. The van der Waals surface area contributed by atoms with Crippen molar-refractivity contribution in [2.75, 3.05) is 13.7 Å². The number of aromatic hydroxyl groups is 1. The molecule has 0 spiro atoms. The van der Waals surface area contributed by atoms with Crippen LogP contribution in [0.3, 0.4) is 0 Å². The van der Waals surface area contributed by atoms with Gasteiger partial charge in [-0.1, -0.05) is 19.4 Å². The largest absolute Gasteiger partial charge is 0.504 e. The summed E-state index contributed by atoms with van der Waals surface area (Å²) in [6, 6.07) is 6.77. The van der Waals surface area contributed by atoms with Gasteiger partial charge in [0, 0.05) is 34.4 Å². The summed E-state index contributed by atoms with van der Waals surface area (Å²) < 4.78 is 5.45. The second kappa shape index (κ2) is 5.84. The van der Waals surface area contributed by atoms with E-state index >= 15 is 0 Å². The van der Waals surface area contributed by atoms with Gasteiger partial charge in [0.1, 0.15) is 0 Å². The van der Waals surface area contributed by atoms with Crippen molar-refractivity contribution >= 4 is 11.3 Å². The molecule has 122 valence electrons. The lowest BCUT2D eigenvalue weighted by Gasteiger charge is -2.40. The maximum Gasteiger partial charge on any atom is 0.165 e. The summed E-state index contributed by atoms with van der Waals surface area (Å²) in [5.74, 6) is 0.909. The Kier molecular flexibility index (Phi) is 3.82. The molecule has 2 aliphatic heterocycles. The van der Waals surface area contributed by atoms with Gasteiger partial charge in [0.05, 0.1) is 7.11 Å². The third kappa shape index (κ3) is 2.45. The SMILES string of the molecule is CCCc1cc2c(s1)CCN1Cc3c(ccc(O)c3OC)C[C@@H]21. The molecular weight excluding hydrogens is 306 g/mol. The molecule has 3 nitrogen and oxygen atoms in total. The van der Waals surface area contributed by atoms with Crippen molar-refractivity contribution in [3.8, 4) is 11.5 Å². The molecule has 0 saturated carbocycles. The van der Waals surface area contributed by atoms with Gasteiger partial charge >= 0.3 is 0 Å². The number of methoxy groups -OCH3 is 1. The van der Waals surface area contributed by atoms with E-state index in [1.807, 2.05) is 11.3 Å². The van der Waals surface area contributed by atoms with Crippen LogP contribution in [0.5, 0.6) is 11.5 Å². The summed E-state index contributed by atoms with van der Waals surface area (Å²) >= 11 is 2.02. The number of phenolic OH excluding ortho intramolecular Hbond substituents is 1. The second-order valence-electron chi connectivity index (χ2n) is 6.54. The highest BCUT2D eigenvalue weighted by molar-refractivity contribution is 7.12. The first-order chi connectivity index (χ1) is 11.2. The van der Waals surface area contributed by atoms with Crippen LogP contribution in [-0.2, 0) is 25.8 Å². The Morgan fingerprint density at radius 3 is 3.04 bits per heavy atom. The van der Waals surface area contributed by atoms with Crippen molar-refractivity contribution in [3.05, 3.63) is 44.6 Å². The maximum absolute atomic E-state index is 10.0. The van der Waals surface area contributed by atoms with Gasteiger partial charge in [0.25, 0.3) is 0 Å². The molecule has 1 N–H and O–H groups in total. The Morgan fingerprint density at radius 1 is 1.39 bits per heavy atom. The number of aryl methyl sites for hydroxylation is 1. The summed E-state index contributed by atoms with van der Waals surface area (Å²) in [7, 11) is 1.64. The minimum absolute atomic E-state index is 0.253. The van der Waals surface area contributed by atoms with Crippen molar-refractivity contribution in [2.45, 2.75) is 45.2 Å². The van der Waals surface area contributed by atoms with Crippen molar-refractivity contribution in [3.63, 3.8) is 0 Å². The quantitative estimate of drug-likeness (QED) is 0.921. The number of thiophene rings is 1. The second-order valence-corrected chi connectivity index (χ2v) is 7.76. The normalized spacial score (nSPS) is 19.8. The Morgan fingerprint density at radius 2 is 2.26 bits per heavy atom. The van der Waals surface area contributed by atoms with E-state index in [9.17, 15) is 5.11 Å². The van der Waals surface area contributed by atoms with Gasteiger partial charge in [-0.05, 0) is 42.5 Å². The van der Waals surface area contributed by atoms with Gasteiger partial charge in [-0.25, -0.2) is 0 Å². The first-order valence-corrected chi connectivity index (χ1v) is 9.26. The molecule has 0 saturated heterocycles. The maximum atomic E-state index is 10.0. The molecule has 3 heterocycles. The van der Waals surface area contributed by atoms with Crippen LogP contribution >= 0.6 is 11.3 Å². The molecule has 1 aromatic carbocycles. The highest BCUT2D eigenvalue weighted by Gasteiger charge is 2.34. The predicted molar refractivity (Wildman–Crippen MR) is 93.5 cm³/mol. The van der Waals surface area contributed by atoms with Crippen LogP contribution < -0.4 is 4.74 Å². The monoisotopic (exact) mass is 329 g/mol. The zero-order chi connectivity index (χ0) is 16.0. The Labute approximate surface area is 141 Å². The Bertz CT molecular complexity index is 737. The van der Waals surface area contributed by atoms with E-state index in [0.717, 1.165) is 31.5 Å². The third-order valence-corrected chi connectivity index (χ3v) is 6.40. The van der Waals surface area contributed by atoms with E-state index < -0.39 is 0 Å². The first-order valence-electron chi connectivity index (χ1n) is 8.44. The molecule has 2 aliphatic rings. The van der Waals surface area contributed by atoms with Crippen LogP contribution in [0.1, 0.15) is 45.8 Å². The topological polar surface area (TPSA) is 32.7 Å². The molecule has 0 radical (unpaired) electrons. The molecule has 0 bridgehead atoms. The van der Waals surface area contributed by atoms with Gasteiger partial charge in [0.2, 0.25) is 0 Å².